The van der Waals surface area contributed by atoms with Gasteiger partial charge < -0.3 is 9.80 Å². The summed E-state index contributed by atoms with van der Waals surface area (Å²) in [5.41, 5.74) is 3.95. The van der Waals surface area contributed by atoms with Crippen LogP contribution in [0.3, 0.4) is 0 Å². The summed E-state index contributed by atoms with van der Waals surface area (Å²) in [5, 5.41) is -0.855. The van der Waals surface area contributed by atoms with Gasteiger partial charge in [0.15, 0.2) is 0 Å². The van der Waals surface area contributed by atoms with Crippen LogP contribution < -0.4 is 9.80 Å². The number of para-hydroxylation sites is 1. The summed E-state index contributed by atoms with van der Waals surface area (Å²) in [6.45, 7) is 1.06. The maximum absolute atomic E-state index is 11.9. The van der Waals surface area contributed by atoms with E-state index in [1.165, 1.54) is 12.1 Å². The normalized spacial score (nSPS) is 11.1. The molecule has 0 saturated heterocycles. The monoisotopic (exact) mass is 394 g/mol. The number of hydrogen-bond acceptors (Lipinski definition) is 5. The third-order valence-corrected chi connectivity index (χ3v) is 6.33. The van der Waals surface area contributed by atoms with Crippen LogP contribution in [-0.2, 0) is 14.6 Å². The molecule has 144 valence electrons. The number of carbonyl (C=O) groups excluding carboxylic acids is 1. The van der Waals surface area contributed by atoms with E-state index >= 15 is 0 Å². The average molecular weight is 394 g/mol. The number of hydrogen-bond donors (Lipinski definition) is 0. The fraction of sp³-hybridized carbons (Fsp3) is 0.136. The molecule has 0 atom stereocenters. The summed E-state index contributed by atoms with van der Waals surface area (Å²) >= 11 is 0. The van der Waals surface area contributed by atoms with Gasteiger partial charge in [-0.15, -0.1) is 0 Å². The lowest BCUT2D eigenvalue weighted by molar-refractivity contribution is -0.109. The van der Waals surface area contributed by atoms with E-state index in [1.54, 1.807) is 12.1 Å². The summed E-state index contributed by atoms with van der Waals surface area (Å²) in [5.74, 6) is 0. The molecule has 0 aliphatic rings. The minimum atomic E-state index is -3.89. The molecular formula is C22H22N2O3S. The molecule has 0 aliphatic heterocycles. The lowest BCUT2D eigenvalue weighted by atomic mass is 10.2. The summed E-state index contributed by atoms with van der Waals surface area (Å²) in [4.78, 5) is 15.4. The highest BCUT2D eigenvalue weighted by Crippen LogP contribution is 2.29. The molecule has 6 heteroatoms. The van der Waals surface area contributed by atoms with Gasteiger partial charge in [-0.3, -0.25) is 4.79 Å². The molecule has 0 aromatic heterocycles. The molecule has 0 unspecified atom stereocenters. The van der Waals surface area contributed by atoms with Gasteiger partial charge in [0.2, 0.25) is 15.0 Å². The third kappa shape index (κ3) is 3.92. The Bertz CT molecular complexity index is 1060. The van der Waals surface area contributed by atoms with E-state index in [1.807, 2.05) is 61.5 Å². The quantitative estimate of drug-likeness (QED) is 0.636. The Morgan fingerprint density at radius 1 is 0.643 bits per heavy atom. The van der Waals surface area contributed by atoms with Crippen LogP contribution in [0, 0.1) is 0 Å². The van der Waals surface area contributed by atoms with E-state index in [-0.39, 0.29) is 4.90 Å². The predicted octanol–water partition coefficient (Wildman–Crippen LogP) is 4.54. The van der Waals surface area contributed by atoms with Crippen LogP contribution >= 0.6 is 0 Å². The van der Waals surface area contributed by atoms with Crippen molar-refractivity contribution in [3.63, 3.8) is 0 Å². The fourth-order valence-electron chi connectivity index (χ4n) is 2.86. The lowest BCUT2D eigenvalue weighted by Gasteiger charge is -2.23. The van der Waals surface area contributed by atoms with Crippen LogP contribution in [0.4, 0.5) is 22.7 Å². The fourth-order valence-corrected chi connectivity index (χ4v) is 3.69. The Kier molecular flexibility index (Phi) is 5.51. The third-order valence-electron chi connectivity index (χ3n) is 4.68. The maximum atomic E-state index is 11.9. The molecule has 5 nitrogen and oxygen atoms in total. The van der Waals surface area contributed by atoms with Gasteiger partial charge in [-0.1, -0.05) is 18.2 Å². The summed E-state index contributed by atoms with van der Waals surface area (Å²) in [6, 6.07) is 24.5. The highest BCUT2D eigenvalue weighted by molar-refractivity contribution is 8.06. The van der Waals surface area contributed by atoms with Crippen molar-refractivity contribution in [1.29, 1.82) is 0 Å². The molecule has 0 N–H and O–H groups in total. The number of carbonyl (C=O) groups is 1. The van der Waals surface area contributed by atoms with Crippen molar-refractivity contribution in [3.8, 4) is 0 Å². The topological polar surface area (TPSA) is 57.7 Å². The largest absolute Gasteiger partial charge is 0.345 e. The standard InChI is InChI=1S/C22H22N2O3S/c1-17(25)28(26,27)22-15-13-21(14-16-22)24(3)20-11-9-19(10-12-20)23(2)18-7-5-4-6-8-18/h4-16H,1-3H3. The molecule has 0 spiro atoms. The average Bonchev–Trinajstić information content (AvgIpc) is 2.73. The zero-order chi connectivity index (χ0) is 20.3. The minimum Gasteiger partial charge on any atom is -0.345 e. The second kappa shape index (κ2) is 7.86. The predicted molar refractivity (Wildman–Crippen MR) is 113 cm³/mol. The Morgan fingerprint density at radius 3 is 1.39 bits per heavy atom. The number of nitrogens with zero attached hydrogens (tertiary/aromatic N) is 2. The first kappa shape index (κ1) is 19.6. The molecule has 3 aromatic carbocycles. The van der Waals surface area contributed by atoms with Gasteiger partial charge >= 0.3 is 0 Å². The lowest BCUT2D eigenvalue weighted by Crippen LogP contribution is -2.13. The van der Waals surface area contributed by atoms with Crippen molar-refractivity contribution in [2.75, 3.05) is 23.9 Å². The molecule has 0 radical (unpaired) electrons. The Labute approximate surface area is 165 Å². The van der Waals surface area contributed by atoms with E-state index < -0.39 is 15.0 Å². The van der Waals surface area contributed by atoms with Gasteiger partial charge in [-0.05, 0) is 60.7 Å². The molecule has 0 fully saturated rings. The van der Waals surface area contributed by atoms with E-state index in [0.717, 1.165) is 29.7 Å². The van der Waals surface area contributed by atoms with Crippen molar-refractivity contribution in [1.82, 2.24) is 0 Å². The molecule has 0 heterocycles. The first-order valence-corrected chi connectivity index (χ1v) is 10.3. The number of sulfone groups is 1. The van der Waals surface area contributed by atoms with Crippen molar-refractivity contribution in [2.45, 2.75) is 11.8 Å². The first-order valence-electron chi connectivity index (χ1n) is 8.79. The zero-order valence-electron chi connectivity index (χ0n) is 16.0. The van der Waals surface area contributed by atoms with Crippen molar-refractivity contribution >= 4 is 37.7 Å². The summed E-state index contributed by atoms with van der Waals surface area (Å²) in [7, 11) is 0.0348. The molecule has 28 heavy (non-hydrogen) atoms. The highest BCUT2D eigenvalue weighted by atomic mass is 32.2. The van der Waals surface area contributed by atoms with Crippen LogP contribution in [-0.4, -0.2) is 27.6 Å². The van der Waals surface area contributed by atoms with Crippen molar-refractivity contribution in [3.05, 3.63) is 78.9 Å². The number of anilines is 4. The molecular weight excluding hydrogens is 372 g/mol. The van der Waals surface area contributed by atoms with Crippen LogP contribution in [0.2, 0.25) is 0 Å². The molecule has 0 saturated carbocycles. The van der Waals surface area contributed by atoms with Gasteiger partial charge in [-0.2, -0.15) is 0 Å². The second-order valence-corrected chi connectivity index (χ2v) is 8.51. The van der Waals surface area contributed by atoms with Crippen LogP contribution in [0.1, 0.15) is 6.92 Å². The van der Waals surface area contributed by atoms with E-state index in [9.17, 15) is 13.2 Å². The van der Waals surface area contributed by atoms with Crippen LogP contribution in [0.5, 0.6) is 0 Å². The molecule has 0 aliphatic carbocycles. The SMILES string of the molecule is CC(=O)S(=O)(=O)c1ccc(N(C)c2ccc(N(C)c3ccccc3)cc2)cc1. The van der Waals surface area contributed by atoms with Crippen molar-refractivity contribution < 1.29 is 13.2 Å². The zero-order valence-corrected chi connectivity index (χ0v) is 16.8. The van der Waals surface area contributed by atoms with Gasteiger partial charge in [0.1, 0.15) is 0 Å². The molecule has 0 bridgehead atoms. The second-order valence-electron chi connectivity index (χ2n) is 6.46. The molecule has 0 amide bonds. The van der Waals surface area contributed by atoms with E-state index in [4.69, 9.17) is 0 Å². The summed E-state index contributed by atoms with van der Waals surface area (Å²) in [6.07, 6.45) is 0. The Morgan fingerprint density at radius 2 is 1.00 bits per heavy atom. The Balaban J connectivity index is 1.80. The molecule has 3 rings (SSSR count). The van der Waals surface area contributed by atoms with Gasteiger partial charge in [-0.25, -0.2) is 8.42 Å². The van der Waals surface area contributed by atoms with Gasteiger partial charge in [0.25, 0.3) is 0 Å². The number of rotatable bonds is 5. The number of benzene rings is 3. The Hall–Kier alpha value is -3.12. The smallest absolute Gasteiger partial charge is 0.248 e. The van der Waals surface area contributed by atoms with Crippen LogP contribution in [0.25, 0.3) is 0 Å². The van der Waals surface area contributed by atoms with E-state index in [2.05, 4.69) is 17.0 Å². The first-order chi connectivity index (χ1) is 13.3. The van der Waals surface area contributed by atoms with Crippen LogP contribution in [0.15, 0.2) is 83.8 Å². The van der Waals surface area contributed by atoms with Gasteiger partial charge in [0, 0.05) is 43.8 Å². The summed E-state index contributed by atoms with van der Waals surface area (Å²) < 4.78 is 23.9. The van der Waals surface area contributed by atoms with E-state index in [0.29, 0.717) is 0 Å². The highest BCUT2D eigenvalue weighted by Gasteiger charge is 2.20. The van der Waals surface area contributed by atoms with Gasteiger partial charge in [0.05, 0.1) is 4.90 Å². The minimum absolute atomic E-state index is 0.0111. The van der Waals surface area contributed by atoms with Crippen molar-refractivity contribution in [2.24, 2.45) is 0 Å². The maximum Gasteiger partial charge on any atom is 0.248 e. The molecule has 3 aromatic rings.